The fraction of sp³-hybridized carbons (Fsp3) is 0.917. The molecule has 1 aliphatic heterocycles. The molecule has 0 bridgehead atoms. The lowest BCUT2D eigenvalue weighted by atomic mass is 9.91. The molecule has 1 atom stereocenters. The van der Waals surface area contributed by atoms with Crippen molar-refractivity contribution >= 4 is 25.3 Å². The molecule has 1 fully saturated rings. The summed E-state index contributed by atoms with van der Waals surface area (Å²) in [4.78, 5) is 3.65. The minimum absolute atomic E-state index is 0.136. The van der Waals surface area contributed by atoms with Gasteiger partial charge >= 0.3 is 0 Å². The Kier molecular flexibility index (Phi) is 3.12. The molecule has 15 heavy (non-hydrogen) atoms. The highest BCUT2D eigenvalue weighted by atomic mass is 32.1. The minimum Gasteiger partial charge on any atom is -0.363 e. The van der Waals surface area contributed by atoms with Crippen molar-refractivity contribution in [2.24, 2.45) is 5.41 Å². The molecule has 0 saturated carbocycles. The third kappa shape index (κ3) is 2.14. The van der Waals surface area contributed by atoms with Gasteiger partial charge in [-0.3, -0.25) is 0 Å². The van der Waals surface area contributed by atoms with Crippen LogP contribution in [-0.2, 0) is 0 Å². The Morgan fingerprint density at radius 2 is 1.73 bits per heavy atom. The monoisotopic (exact) mass is 243 g/mol. The van der Waals surface area contributed by atoms with Crippen LogP contribution in [0.15, 0.2) is 0 Å². The highest BCUT2D eigenvalue weighted by Gasteiger charge is 2.52. The molecule has 1 saturated heterocycles. The molecule has 1 aliphatic rings. The second kappa shape index (κ2) is 3.56. The molecule has 1 unspecified atom stereocenters. The molecule has 0 aromatic rings. The van der Waals surface area contributed by atoms with E-state index in [1.54, 1.807) is 0 Å². The second-order valence-corrected chi connectivity index (χ2v) is 12.9. The molecule has 1 nitrogen and oxygen atoms in total. The van der Waals surface area contributed by atoms with Crippen LogP contribution in [0.4, 0.5) is 0 Å². The zero-order valence-corrected chi connectivity index (χ0v) is 13.1. The van der Waals surface area contributed by atoms with E-state index in [2.05, 4.69) is 52.2 Å². The predicted octanol–water partition coefficient (Wildman–Crippen LogP) is 3.70. The van der Waals surface area contributed by atoms with Gasteiger partial charge in [0.2, 0.25) is 0 Å². The van der Waals surface area contributed by atoms with E-state index in [9.17, 15) is 0 Å². The van der Waals surface area contributed by atoms with Gasteiger partial charge in [-0.05, 0) is 13.3 Å². The molecule has 88 valence electrons. The summed E-state index contributed by atoms with van der Waals surface area (Å²) in [5, 5.41) is 0.386. The van der Waals surface area contributed by atoms with E-state index in [0.29, 0.717) is 5.16 Å². The maximum Gasteiger partial charge on any atom is 0.0835 e. The van der Waals surface area contributed by atoms with Crippen LogP contribution in [0.1, 0.15) is 34.1 Å². The average Bonchev–Trinajstić information content (AvgIpc) is 1.97. The van der Waals surface area contributed by atoms with Gasteiger partial charge in [-0.15, -0.1) is 0 Å². The van der Waals surface area contributed by atoms with Crippen molar-refractivity contribution in [1.29, 1.82) is 0 Å². The van der Waals surface area contributed by atoms with E-state index >= 15 is 0 Å². The molecule has 0 aliphatic carbocycles. The molecule has 1 heterocycles. The van der Waals surface area contributed by atoms with E-state index in [1.165, 1.54) is 6.42 Å². The molecule has 3 heteroatoms. The quantitative estimate of drug-likeness (QED) is 0.510. The van der Waals surface area contributed by atoms with Gasteiger partial charge in [-0.1, -0.05) is 52.6 Å². The topological polar surface area (TPSA) is 3.24 Å². The fourth-order valence-electron chi connectivity index (χ4n) is 2.07. The third-order valence-corrected chi connectivity index (χ3v) is 8.50. The van der Waals surface area contributed by atoms with E-state index in [4.69, 9.17) is 12.2 Å². The number of thiocarbonyl (C=S) groups is 1. The first-order chi connectivity index (χ1) is 6.50. The number of hydrogen-bond donors (Lipinski definition) is 0. The Hall–Kier alpha value is 0.107. The lowest BCUT2D eigenvalue weighted by molar-refractivity contribution is 0.138. The van der Waals surface area contributed by atoms with E-state index in [1.807, 2.05) is 0 Å². The summed E-state index contributed by atoms with van der Waals surface area (Å²) in [6.45, 7) is 17.6. The lowest BCUT2D eigenvalue weighted by Crippen LogP contribution is -2.72. The first kappa shape index (κ1) is 13.2. The SMILES string of the molecule is CC(C)(C)C(=S)N1CCC1(C)[Si](C)(C)C. The molecule has 0 radical (unpaired) electrons. The maximum atomic E-state index is 5.63. The highest BCUT2D eigenvalue weighted by Crippen LogP contribution is 2.41. The molecule has 0 aromatic carbocycles. The molecule has 0 spiro atoms. The zero-order chi connectivity index (χ0) is 12.1. The Morgan fingerprint density at radius 1 is 1.27 bits per heavy atom. The van der Waals surface area contributed by atoms with E-state index in [-0.39, 0.29) is 5.41 Å². The van der Waals surface area contributed by atoms with Gasteiger partial charge in [-0.2, -0.15) is 0 Å². The highest BCUT2D eigenvalue weighted by molar-refractivity contribution is 7.80. The maximum absolute atomic E-state index is 5.63. The molecular formula is C12H25NSSi. The molecule has 0 aromatic heterocycles. The summed E-state index contributed by atoms with van der Waals surface area (Å²) in [5.41, 5.74) is 0.136. The number of rotatable bonds is 1. The van der Waals surface area contributed by atoms with Crippen LogP contribution in [0, 0.1) is 5.41 Å². The first-order valence-corrected chi connectivity index (χ1v) is 9.73. The number of nitrogens with zero attached hydrogens (tertiary/aromatic N) is 1. The van der Waals surface area contributed by atoms with Gasteiger partial charge in [0.05, 0.1) is 13.1 Å². The average molecular weight is 243 g/mol. The van der Waals surface area contributed by atoms with Gasteiger partial charge < -0.3 is 4.90 Å². The van der Waals surface area contributed by atoms with E-state index in [0.717, 1.165) is 11.5 Å². The van der Waals surface area contributed by atoms with Crippen LogP contribution in [0.2, 0.25) is 19.6 Å². The van der Waals surface area contributed by atoms with Gasteiger partial charge in [-0.25, -0.2) is 0 Å². The van der Waals surface area contributed by atoms with Crippen LogP contribution in [0.3, 0.4) is 0 Å². The Balaban J connectivity index is 2.88. The second-order valence-electron chi connectivity index (χ2n) is 6.98. The van der Waals surface area contributed by atoms with Gasteiger partial charge in [0.25, 0.3) is 0 Å². The van der Waals surface area contributed by atoms with Crippen LogP contribution >= 0.6 is 12.2 Å². The number of likely N-dealkylation sites (tertiary alicyclic amines) is 1. The smallest absolute Gasteiger partial charge is 0.0835 e. The van der Waals surface area contributed by atoms with Crippen molar-refractivity contribution in [3.05, 3.63) is 0 Å². The standard InChI is InChI=1S/C12H25NSSi/c1-11(2,3)10(14)13-9-8-12(13,4)15(5,6)7/h8-9H2,1-7H3. The third-order valence-electron chi connectivity index (χ3n) is 3.92. The van der Waals surface area contributed by atoms with Crippen LogP contribution in [0.25, 0.3) is 0 Å². The van der Waals surface area contributed by atoms with Gasteiger partial charge in [0, 0.05) is 17.1 Å². The summed E-state index contributed by atoms with van der Waals surface area (Å²) in [5.74, 6) is 0. The van der Waals surface area contributed by atoms with Crippen molar-refractivity contribution in [2.45, 2.75) is 58.9 Å². The zero-order valence-electron chi connectivity index (χ0n) is 11.3. The largest absolute Gasteiger partial charge is 0.363 e. The molecule has 1 rings (SSSR count). The summed E-state index contributed by atoms with van der Waals surface area (Å²) in [7, 11) is -1.16. The predicted molar refractivity (Wildman–Crippen MR) is 75.1 cm³/mol. The van der Waals surface area contributed by atoms with Crippen molar-refractivity contribution in [2.75, 3.05) is 6.54 Å². The van der Waals surface area contributed by atoms with E-state index < -0.39 is 8.07 Å². The summed E-state index contributed by atoms with van der Waals surface area (Å²) in [6.07, 6.45) is 1.32. The van der Waals surface area contributed by atoms with Crippen molar-refractivity contribution < 1.29 is 0 Å². The normalized spacial score (nSPS) is 27.5. The summed E-state index contributed by atoms with van der Waals surface area (Å²) < 4.78 is 0. The van der Waals surface area contributed by atoms with Crippen molar-refractivity contribution in [1.82, 2.24) is 4.90 Å². The Labute approximate surface area is 101 Å². The summed E-state index contributed by atoms with van der Waals surface area (Å²) in [6, 6.07) is 0. The first-order valence-electron chi connectivity index (χ1n) is 5.82. The molecular weight excluding hydrogens is 218 g/mol. The Morgan fingerprint density at radius 3 is 1.93 bits per heavy atom. The van der Waals surface area contributed by atoms with Crippen molar-refractivity contribution in [3.63, 3.8) is 0 Å². The fourth-order valence-corrected chi connectivity index (χ4v) is 4.34. The van der Waals surface area contributed by atoms with Crippen molar-refractivity contribution in [3.8, 4) is 0 Å². The Bertz CT molecular complexity index is 274. The molecule has 0 amide bonds. The van der Waals surface area contributed by atoms with Crippen LogP contribution in [-0.4, -0.2) is 29.7 Å². The van der Waals surface area contributed by atoms with Crippen LogP contribution < -0.4 is 0 Å². The number of hydrogen-bond acceptors (Lipinski definition) is 1. The minimum atomic E-state index is -1.16. The lowest BCUT2D eigenvalue weighted by Gasteiger charge is -2.60. The summed E-state index contributed by atoms with van der Waals surface area (Å²) >= 11 is 5.63. The van der Waals surface area contributed by atoms with Crippen LogP contribution in [0.5, 0.6) is 0 Å². The van der Waals surface area contributed by atoms with Gasteiger partial charge in [0.15, 0.2) is 0 Å². The van der Waals surface area contributed by atoms with Gasteiger partial charge in [0.1, 0.15) is 0 Å². The molecule has 0 N–H and O–H groups in total.